The highest BCUT2D eigenvalue weighted by Crippen LogP contribution is 1.90. The van der Waals surface area contributed by atoms with Crippen LogP contribution in [0.5, 0.6) is 0 Å². The van der Waals surface area contributed by atoms with E-state index in [4.69, 9.17) is 23.2 Å². The zero-order valence-corrected chi connectivity index (χ0v) is 5.11. The van der Waals surface area contributed by atoms with Gasteiger partial charge in [0, 0.05) is 0 Å². The van der Waals surface area contributed by atoms with E-state index in [1.54, 1.807) is 0 Å². The number of hydrogen-bond acceptors (Lipinski definition) is 3. The minimum atomic E-state index is -1.05. The lowest BCUT2D eigenvalue weighted by molar-refractivity contribution is 0.162. The molecule has 0 aliphatic heterocycles. The summed E-state index contributed by atoms with van der Waals surface area (Å²) >= 11 is 9.81. The van der Waals surface area contributed by atoms with Crippen molar-refractivity contribution in [3.05, 3.63) is 0 Å². The molecule has 0 atom stereocenters. The van der Waals surface area contributed by atoms with Crippen LogP contribution >= 0.6 is 23.2 Å². The van der Waals surface area contributed by atoms with Crippen molar-refractivity contribution in [1.82, 2.24) is 0 Å². The average molecular weight is 157 g/mol. The summed E-state index contributed by atoms with van der Waals surface area (Å²) in [6, 6.07) is 0. The van der Waals surface area contributed by atoms with Gasteiger partial charge >= 0.3 is 6.09 Å². The first-order valence-corrected chi connectivity index (χ1v) is 2.24. The first kappa shape index (κ1) is 7.52. The van der Waals surface area contributed by atoms with Gasteiger partial charge in [0.25, 0.3) is 0 Å². The van der Waals surface area contributed by atoms with Gasteiger partial charge in [-0.05, 0) is 28.4 Å². The van der Waals surface area contributed by atoms with Crippen molar-refractivity contribution in [2.45, 2.75) is 0 Å². The van der Waals surface area contributed by atoms with Crippen LogP contribution in [-0.4, -0.2) is 10.7 Å². The number of carbonyl (C=O) groups excluding carboxylic acids is 1. The molecular formula is C2H2Cl2N2O2. The normalized spacial score (nSPS) is 7.75. The van der Waals surface area contributed by atoms with Crippen LogP contribution in [0.4, 0.5) is 4.79 Å². The zero-order chi connectivity index (χ0) is 6.57. The lowest BCUT2D eigenvalue weighted by Crippen LogP contribution is -2.09. The van der Waals surface area contributed by atoms with Gasteiger partial charge in [0.1, 0.15) is 0 Å². The SMILES string of the molecule is NC(=O)ON=C(Cl)Cl. The Hall–Kier alpha value is -0.480. The van der Waals surface area contributed by atoms with Crippen LogP contribution < -0.4 is 5.73 Å². The molecule has 4 nitrogen and oxygen atoms in total. The van der Waals surface area contributed by atoms with Gasteiger partial charge in [-0.25, -0.2) is 4.79 Å². The van der Waals surface area contributed by atoms with Crippen LogP contribution in [0.1, 0.15) is 0 Å². The van der Waals surface area contributed by atoms with Crippen LogP contribution in [0, 0.1) is 0 Å². The number of amides is 1. The molecule has 0 spiro atoms. The molecule has 0 aromatic carbocycles. The topological polar surface area (TPSA) is 64.7 Å². The number of carbonyl (C=O) groups is 1. The Kier molecular flexibility index (Phi) is 3.30. The van der Waals surface area contributed by atoms with E-state index in [2.05, 4.69) is 15.7 Å². The second-order valence-corrected chi connectivity index (χ2v) is 1.65. The first-order valence-electron chi connectivity index (χ1n) is 1.48. The van der Waals surface area contributed by atoms with Crippen molar-refractivity contribution < 1.29 is 9.63 Å². The summed E-state index contributed by atoms with van der Waals surface area (Å²) in [7, 11) is 0. The molecule has 0 aromatic heterocycles. The van der Waals surface area contributed by atoms with E-state index in [0.717, 1.165) is 0 Å². The minimum absolute atomic E-state index is 0.399. The van der Waals surface area contributed by atoms with E-state index in [0.29, 0.717) is 0 Å². The van der Waals surface area contributed by atoms with Gasteiger partial charge < -0.3 is 5.73 Å². The Morgan fingerprint density at radius 1 is 1.62 bits per heavy atom. The van der Waals surface area contributed by atoms with Crippen molar-refractivity contribution in [2.24, 2.45) is 10.9 Å². The van der Waals surface area contributed by atoms with Gasteiger partial charge in [0.15, 0.2) is 0 Å². The van der Waals surface area contributed by atoms with Gasteiger partial charge in [0.2, 0.25) is 4.63 Å². The largest absolute Gasteiger partial charge is 0.430 e. The Morgan fingerprint density at radius 2 is 2.12 bits per heavy atom. The van der Waals surface area contributed by atoms with E-state index in [-0.39, 0.29) is 0 Å². The molecule has 0 saturated carbocycles. The highest BCUT2D eigenvalue weighted by molar-refractivity contribution is 6.95. The van der Waals surface area contributed by atoms with Crippen molar-refractivity contribution in [1.29, 1.82) is 0 Å². The monoisotopic (exact) mass is 156 g/mol. The third-order valence-corrected chi connectivity index (χ3v) is 0.343. The second kappa shape index (κ2) is 3.51. The molecule has 0 bridgehead atoms. The Morgan fingerprint density at radius 3 is 2.25 bits per heavy atom. The summed E-state index contributed by atoms with van der Waals surface area (Å²) < 4.78 is -0.399. The molecule has 0 rings (SSSR count). The number of rotatable bonds is 1. The van der Waals surface area contributed by atoms with Gasteiger partial charge in [-0.15, -0.1) is 0 Å². The molecular weight excluding hydrogens is 155 g/mol. The quantitative estimate of drug-likeness (QED) is 0.348. The maximum atomic E-state index is 9.68. The number of oxime groups is 1. The number of nitrogens with zero attached hydrogens (tertiary/aromatic N) is 1. The lowest BCUT2D eigenvalue weighted by Gasteiger charge is -1.84. The molecule has 0 aliphatic carbocycles. The van der Waals surface area contributed by atoms with E-state index in [1.165, 1.54) is 0 Å². The minimum Gasteiger partial charge on any atom is -0.333 e. The van der Waals surface area contributed by atoms with E-state index in [9.17, 15) is 4.79 Å². The zero-order valence-electron chi connectivity index (χ0n) is 3.60. The summed E-state index contributed by atoms with van der Waals surface area (Å²) in [6.45, 7) is 0. The number of nitrogens with two attached hydrogens (primary N) is 1. The maximum Gasteiger partial charge on any atom is 0.430 e. The van der Waals surface area contributed by atoms with E-state index in [1.807, 2.05) is 0 Å². The highest BCUT2D eigenvalue weighted by atomic mass is 35.5. The predicted octanol–water partition coefficient (Wildman–Crippen LogP) is 0.830. The van der Waals surface area contributed by atoms with Crippen LogP contribution in [0.25, 0.3) is 0 Å². The fraction of sp³-hybridized carbons (Fsp3) is 0. The van der Waals surface area contributed by atoms with Gasteiger partial charge in [-0.3, -0.25) is 4.84 Å². The molecule has 0 aliphatic rings. The van der Waals surface area contributed by atoms with Crippen molar-refractivity contribution in [2.75, 3.05) is 0 Å². The van der Waals surface area contributed by atoms with Crippen LogP contribution in [-0.2, 0) is 4.84 Å². The van der Waals surface area contributed by atoms with Crippen molar-refractivity contribution >= 4 is 33.9 Å². The predicted molar refractivity (Wildman–Crippen MR) is 29.8 cm³/mol. The summed E-state index contributed by atoms with van der Waals surface area (Å²) in [4.78, 5) is 13.4. The van der Waals surface area contributed by atoms with Crippen LogP contribution in [0.2, 0.25) is 0 Å². The molecule has 0 aromatic rings. The van der Waals surface area contributed by atoms with Gasteiger partial charge in [0.05, 0.1) is 0 Å². The third kappa shape index (κ3) is 5.52. The third-order valence-electron chi connectivity index (χ3n) is 0.205. The lowest BCUT2D eigenvalue weighted by atomic mass is 11.3. The molecule has 2 N–H and O–H groups in total. The van der Waals surface area contributed by atoms with Crippen LogP contribution in [0.3, 0.4) is 0 Å². The molecule has 8 heavy (non-hydrogen) atoms. The molecule has 0 unspecified atom stereocenters. The molecule has 46 valence electrons. The molecule has 6 heteroatoms. The number of halogens is 2. The van der Waals surface area contributed by atoms with E-state index >= 15 is 0 Å². The van der Waals surface area contributed by atoms with Crippen molar-refractivity contribution in [3.8, 4) is 0 Å². The molecule has 0 fully saturated rings. The highest BCUT2D eigenvalue weighted by Gasteiger charge is 1.89. The summed E-state index contributed by atoms with van der Waals surface area (Å²) in [6.07, 6.45) is -1.05. The molecule has 0 saturated heterocycles. The summed E-state index contributed by atoms with van der Waals surface area (Å²) in [5, 5.41) is 2.80. The maximum absolute atomic E-state index is 9.68. The molecule has 0 heterocycles. The molecule has 0 radical (unpaired) electrons. The van der Waals surface area contributed by atoms with E-state index < -0.39 is 10.7 Å². The van der Waals surface area contributed by atoms with Crippen LogP contribution in [0.15, 0.2) is 5.16 Å². The first-order chi connectivity index (χ1) is 3.63. The number of primary amides is 1. The Bertz CT molecular complexity index is 119. The standard InChI is InChI=1S/C2H2Cl2N2O2/c3-1(4)6-8-2(5)7/h(H2,5,7). The van der Waals surface area contributed by atoms with Gasteiger partial charge in [-0.2, -0.15) is 0 Å². The summed E-state index contributed by atoms with van der Waals surface area (Å²) in [5.74, 6) is 0. The smallest absolute Gasteiger partial charge is 0.333 e. The second-order valence-electron chi connectivity index (χ2n) is 0.742. The van der Waals surface area contributed by atoms with Crippen molar-refractivity contribution in [3.63, 3.8) is 0 Å². The van der Waals surface area contributed by atoms with Gasteiger partial charge in [-0.1, -0.05) is 0 Å². The number of hydrogen-bond donors (Lipinski definition) is 1. The Balaban J connectivity index is 3.45. The fourth-order valence-corrected chi connectivity index (χ4v) is 0.148. The average Bonchev–Trinajstić information content (AvgIpc) is 1.61. The Labute approximate surface area is 55.2 Å². The molecule has 1 amide bonds. The summed E-state index contributed by atoms with van der Waals surface area (Å²) in [5.41, 5.74) is 4.46. The fourth-order valence-electron chi connectivity index (χ4n) is 0.0795.